The van der Waals surface area contributed by atoms with E-state index in [1.165, 1.54) is 0 Å². The third kappa shape index (κ3) is 3.39. The van der Waals surface area contributed by atoms with E-state index >= 15 is 0 Å². The Hall–Kier alpha value is -2.81. The van der Waals surface area contributed by atoms with Crippen LogP contribution in [0.15, 0.2) is 36.4 Å². The van der Waals surface area contributed by atoms with Crippen molar-refractivity contribution in [2.75, 3.05) is 0 Å². The van der Waals surface area contributed by atoms with Crippen LogP contribution < -0.4 is 5.32 Å². The van der Waals surface area contributed by atoms with E-state index in [0.717, 1.165) is 0 Å². The molecule has 0 fully saturated rings. The molecule has 2 rings (SSSR count). The second-order valence-electron chi connectivity index (χ2n) is 4.25. The van der Waals surface area contributed by atoms with Crippen molar-refractivity contribution >= 4 is 5.91 Å². The van der Waals surface area contributed by atoms with E-state index < -0.39 is 23.4 Å². The molecule has 0 bridgehead atoms. The third-order valence-corrected chi connectivity index (χ3v) is 2.78. The van der Waals surface area contributed by atoms with Crippen LogP contribution in [0.5, 0.6) is 0 Å². The van der Waals surface area contributed by atoms with Gasteiger partial charge in [-0.3, -0.25) is 4.79 Å². The first-order valence-electron chi connectivity index (χ1n) is 5.93. The monoisotopic (exact) mass is 290 g/mol. The van der Waals surface area contributed by atoms with Gasteiger partial charge in [0, 0.05) is 12.1 Å². The first-order chi connectivity index (χ1) is 10.0. The summed E-state index contributed by atoms with van der Waals surface area (Å²) in [6.45, 7) is 0.116. The van der Waals surface area contributed by atoms with Gasteiger partial charge in [0.15, 0.2) is 17.5 Å². The van der Waals surface area contributed by atoms with E-state index in [1.54, 1.807) is 24.3 Å². The van der Waals surface area contributed by atoms with Crippen LogP contribution in [0.1, 0.15) is 21.5 Å². The van der Waals surface area contributed by atoms with Crippen LogP contribution in [-0.4, -0.2) is 5.91 Å². The molecule has 0 aliphatic rings. The van der Waals surface area contributed by atoms with Crippen molar-refractivity contribution in [1.29, 1.82) is 5.26 Å². The van der Waals surface area contributed by atoms with Gasteiger partial charge in [-0.25, -0.2) is 13.2 Å². The quantitative estimate of drug-likeness (QED) is 0.884. The highest BCUT2D eigenvalue weighted by atomic mass is 19.2. The van der Waals surface area contributed by atoms with Gasteiger partial charge >= 0.3 is 0 Å². The van der Waals surface area contributed by atoms with Crippen molar-refractivity contribution in [3.8, 4) is 6.07 Å². The summed E-state index contributed by atoms with van der Waals surface area (Å²) in [7, 11) is 0. The molecule has 0 saturated carbocycles. The van der Waals surface area contributed by atoms with E-state index in [9.17, 15) is 18.0 Å². The van der Waals surface area contributed by atoms with Crippen LogP contribution in [0.2, 0.25) is 0 Å². The maximum atomic E-state index is 13.0. The van der Waals surface area contributed by atoms with Gasteiger partial charge in [-0.1, -0.05) is 12.1 Å². The van der Waals surface area contributed by atoms with Crippen molar-refractivity contribution in [3.63, 3.8) is 0 Å². The summed E-state index contributed by atoms with van der Waals surface area (Å²) in [4.78, 5) is 11.7. The molecule has 6 heteroatoms. The Kier molecular flexibility index (Phi) is 4.24. The number of rotatable bonds is 3. The average molecular weight is 290 g/mol. The fourth-order valence-corrected chi connectivity index (χ4v) is 1.67. The first kappa shape index (κ1) is 14.6. The van der Waals surface area contributed by atoms with Gasteiger partial charge in [-0.2, -0.15) is 5.26 Å². The predicted molar refractivity (Wildman–Crippen MR) is 68.6 cm³/mol. The average Bonchev–Trinajstić information content (AvgIpc) is 2.50. The predicted octanol–water partition coefficient (Wildman–Crippen LogP) is 2.91. The maximum absolute atomic E-state index is 13.0. The zero-order valence-corrected chi connectivity index (χ0v) is 10.7. The molecule has 0 atom stereocenters. The smallest absolute Gasteiger partial charge is 0.251 e. The van der Waals surface area contributed by atoms with Crippen LogP contribution in [0.25, 0.3) is 0 Å². The standard InChI is InChI=1S/C15H9F3N2O/c16-12-5-11(6-13(17)14(12)18)15(21)20-8-10-3-1-9(7-19)2-4-10/h1-6H,8H2,(H,20,21). The summed E-state index contributed by atoms with van der Waals surface area (Å²) >= 11 is 0. The first-order valence-corrected chi connectivity index (χ1v) is 5.93. The molecule has 0 spiro atoms. The van der Waals surface area contributed by atoms with Crippen LogP contribution in [0.4, 0.5) is 13.2 Å². The van der Waals surface area contributed by atoms with Crippen LogP contribution in [-0.2, 0) is 6.54 Å². The van der Waals surface area contributed by atoms with Gasteiger partial charge in [0.1, 0.15) is 0 Å². The molecule has 0 radical (unpaired) electrons. The molecular weight excluding hydrogens is 281 g/mol. The fourth-order valence-electron chi connectivity index (χ4n) is 1.67. The number of nitrogens with zero attached hydrogens (tertiary/aromatic N) is 1. The van der Waals surface area contributed by atoms with E-state index in [1.807, 2.05) is 6.07 Å². The molecule has 0 aliphatic heterocycles. The molecule has 0 aromatic heterocycles. The Morgan fingerprint density at radius 2 is 1.67 bits per heavy atom. The molecular formula is C15H9F3N2O. The summed E-state index contributed by atoms with van der Waals surface area (Å²) in [5.74, 6) is -5.17. The number of amides is 1. The Morgan fingerprint density at radius 1 is 1.10 bits per heavy atom. The lowest BCUT2D eigenvalue weighted by molar-refractivity contribution is 0.0949. The number of halogens is 3. The topological polar surface area (TPSA) is 52.9 Å². The molecule has 1 N–H and O–H groups in total. The minimum atomic E-state index is -1.61. The number of carbonyl (C=O) groups excluding carboxylic acids is 1. The summed E-state index contributed by atoms with van der Waals surface area (Å²) in [6.07, 6.45) is 0. The molecule has 21 heavy (non-hydrogen) atoms. The molecule has 0 saturated heterocycles. The number of carbonyl (C=O) groups is 1. The zero-order chi connectivity index (χ0) is 15.4. The number of benzene rings is 2. The summed E-state index contributed by atoms with van der Waals surface area (Å²) in [5.41, 5.74) is 0.887. The number of nitrogens with one attached hydrogen (secondary N) is 1. The van der Waals surface area contributed by atoms with Crippen molar-refractivity contribution in [2.24, 2.45) is 0 Å². The highest BCUT2D eigenvalue weighted by molar-refractivity contribution is 5.94. The highest BCUT2D eigenvalue weighted by Gasteiger charge is 2.14. The second kappa shape index (κ2) is 6.09. The lowest BCUT2D eigenvalue weighted by Gasteiger charge is -2.06. The number of nitriles is 1. The lowest BCUT2D eigenvalue weighted by Crippen LogP contribution is -2.23. The summed E-state index contributed by atoms with van der Waals surface area (Å²) < 4.78 is 38.8. The Labute approximate surface area is 118 Å². The van der Waals surface area contributed by atoms with E-state index in [2.05, 4.69) is 5.32 Å². The lowest BCUT2D eigenvalue weighted by atomic mass is 10.1. The largest absolute Gasteiger partial charge is 0.348 e. The minimum Gasteiger partial charge on any atom is -0.348 e. The van der Waals surface area contributed by atoms with Crippen LogP contribution in [0, 0.1) is 28.8 Å². The normalized spacial score (nSPS) is 10.0. The molecule has 0 aliphatic carbocycles. The molecule has 106 valence electrons. The van der Waals surface area contributed by atoms with E-state index in [0.29, 0.717) is 23.3 Å². The SMILES string of the molecule is N#Cc1ccc(CNC(=O)c2cc(F)c(F)c(F)c2)cc1. The van der Waals surface area contributed by atoms with E-state index in [-0.39, 0.29) is 12.1 Å². The zero-order valence-electron chi connectivity index (χ0n) is 10.7. The van der Waals surface area contributed by atoms with Crippen molar-refractivity contribution in [3.05, 3.63) is 70.5 Å². The van der Waals surface area contributed by atoms with Crippen molar-refractivity contribution in [2.45, 2.75) is 6.54 Å². The number of hydrogen-bond donors (Lipinski definition) is 1. The van der Waals surface area contributed by atoms with Gasteiger partial charge in [0.2, 0.25) is 0 Å². The third-order valence-electron chi connectivity index (χ3n) is 2.78. The maximum Gasteiger partial charge on any atom is 0.251 e. The van der Waals surface area contributed by atoms with Gasteiger partial charge in [-0.15, -0.1) is 0 Å². The van der Waals surface area contributed by atoms with Crippen LogP contribution >= 0.6 is 0 Å². The van der Waals surface area contributed by atoms with Crippen molar-refractivity contribution < 1.29 is 18.0 Å². The Balaban J connectivity index is 2.06. The number of hydrogen-bond acceptors (Lipinski definition) is 2. The molecule has 2 aromatic rings. The molecule has 0 heterocycles. The van der Waals surface area contributed by atoms with Gasteiger partial charge in [0.05, 0.1) is 11.6 Å². The molecule has 1 amide bonds. The van der Waals surface area contributed by atoms with Gasteiger partial charge in [-0.05, 0) is 29.8 Å². The van der Waals surface area contributed by atoms with Crippen LogP contribution in [0.3, 0.4) is 0 Å². The van der Waals surface area contributed by atoms with Crippen molar-refractivity contribution in [1.82, 2.24) is 5.32 Å². The Bertz CT molecular complexity index is 698. The fraction of sp³-hybridized carbons (Fsp3) is 0.0667. The second-order valence-corrected chi connectivity index (χ2v) is 4.25. The minimum absolute atomic E-state index is 0.116. The van der Waals surface area contributed by atoms with Gasteiger partial charge < -0.3 is 5.32 Å². The van der Waals surface area contributed by atoms with E-state index in [4.69, 9.17) is 5.26 Å². The molecule has 3 nitrogen and oxygen atoms in total. The summed E-state index contributed by atoms with van der Waals surface area (Å²) in [6, 6.07) is 9.67. The molecule has 2 aromatic carbocycles. The highest BCUT2D eigenvalue weighted by Crippen LogP contribution is 2.13. The summed E-state index contributed by atoms with van der Waals surface area (Å²) in [5, 5.41) is 11.1. The Morgan fingerprint density at radius 3 is 2.19 bits per heavy atom. The molecule has 0 unspecified atom stereocenters. The van der Waals surface area contributed by atoms with Gasteiger partial charge in [0.25, 0.3) is 5.91 Å².